The van der Waals surface area contributed by atoms with Gasteiger partial charge in [0.05, 0.1) is 17.3 Å². The predicted octanol–water partition coefficient (Wildman–Crippen LogP) is 3.47. The molecule has 0 radical (unpaired) electrons. The van der Waals surface area contributed by atoms with E-state index >= 15 is 0 Å². The van der Waals surface area contributed by atoms with Gasteiger partial charge in [-0.1, -0.05) is 12.1 Å². The molecule has 0 fully saturated rings. The molecule has 1 atom stereocenters. The summed E-state index contributed by atoms with van der Waals surface area (Å²) >= 11 is 0. The van der Waals surface area contributed by atoms with Crippen molar-refractivity contribution >= 4 is 5.91 Å². The molecule has 31 heavy (non-hydrogen) atoms. The van der Waals surface area contributed by atoms with E-state index in [2.05, 4.69) is 20.0 Å². The van der Waals surface area contributed by atoms with Crippen molar-refractivity contribution in [3.63, 3.8) is 0 Å². The lowest BCUT2D eigenvalue weighted by atomic mass is 10.0. The summed E-state index contributed by atoms with van der Waals surface area (Å²) in [6.07, 6.45) is -0.687. The van der Waals surface area contributed by atoms with Crippen LogP contribution in [0, 0.1) is 0 Å². The highest BCUT2D eigenvalue weighted by atomic mass is 19.4. The van der Waals surface area contributed by atoms with E-state index in [1.807, 2.05) is 0 Å². The largest absolute Gasteiger partial charge is 0.573 e. The van der Waals surface area contributed by atoms with Crippen LogP contribution in [0.3, 0.4) is 0 Å². The van der Waals surface area contributed by atoms with Crippen LogP contribution in [-0.4, -0.2) is 26.8 Å². The Labute approximate surface area is 174 Å². The molecule has 1 aliphatic rings. The Morgan fingerprint density at radius 2 is 1.90 bits per heavy atom. The van der Waals surface area contributed by atoms with Crippen molar-refractivity contribution in [2.45, 2.75) is 31.8 Å². The zero-order valence-electron chi connectivity index (χ0n) is 16.1. The number of pyridine rings is 1. The summed E-state index contributed by atoms with van der Waals surface area (Å²) in [7, 11) is 0. The van der Waals surface area contributed by atoms with Gasteiger partial charge in [-0.05, 0) is 37.1 Å². The summed E-state index contributed by atoms with van der Waals surface area (Å²) in [5.41, 5.74) is 0.594. The molecule has 1 aromatic carbocycles. The first-order valence-corrected chi connectivity index (χ1v) is 9.49. The van der Waals surface area contributed by atoms with Crippen LogP contribution >= 0.6 is 0 Å². The highest BCUT2D eigenvalue weighted by molar-refractivity contribution is 5.97. The highest BCUT2D eigenvalue weighted by Gasteiger charge is 2.33. The average molecular weight is 430 g/mol. The molecule has 0 bridgehead atoms. The summed E-state index contributed by atoms with van der Waals surface area (Å²) in [5, 5.41) is 2.70. The number of nitrogens with one attached hydrogen (secondary N) is 1. The number of nitrogens with zero attached hydrogens (tertiary/aromatic N) is 3. The van der Waals surface area contributed by atoms with Crippen molar-refractivity contribution in [1.29, 1.82) is 0 Å². The van der Waals surface area contributed by atoms with E-state index in [4.69, 9.17) is 0 Å². The summed E-state index contributed by atoms with van der Waals surface area (Å²) in [4.78, 5) is 33.9. The van der Waals surface area contributed by atoms with Crippen LogP contribution in [0.1, 0.15) is 35.1 Å². The van der Waals surface area contributed by atoms with Gasteiger partial charge in [-0.2, -0.15) is 0 Å². The van der Waals surface area contributed by atoms with Crippen molar-refractivity contribution in [2.24, 2.45) is 0 Å². The minimum atomic E-state index is -4.93. The van der Waals surface area contributed by atoms with Gasteiger partial charge >= 0.3 is 6.36 Å². The van der Waals surface area contributed by atoms with Gasteiger partial charge in [0.2, 0.25) is 0 Å². The zero-order chi connectivity index (χ0) is 22.0. The Hall–Kier alpha value is -3.69. The first kappa shape index (κ1) is 20.6. The molecular weight excluding hydrogens is 413 g/mol. The van der Waals surface area contributed by atoms with Gasteiger partial charge in [0.25, 0.3) is 11.5 Å². The van der Waals surface area contributed by atoms with Crippen molar-refractivity contribution in [2.75, 3.05) is 0 Å². The van der Waals surface area contributed by atoms with Gasteiger partial charge < -0.3 is 10.1 Å². The number of aromatic nitrogens is 3. The van der Waals surface area contributed by atoms with Crippen LogP contribution in [0.4, 0.5) is 13.2 Å². The molecule has 0 spiro atoms. The van der Waals surface area contributed by atoms with E-state index < -0.39 is 24.1 Å². The molecule has 2 aromatic heterocycles. The number of carbonyl (C=O) groups is 1. The number of benzene rings is 1. The van der Waals surface area contributed by atoms with Crippen LogP contribution < -0.4 is 15.6 Å². The third-order valence-electron chi connectivity index (χ3n) is 4.86. The van der Waals surface area contributed by atoms with Gasteiger partial charge in [0, 0.05) is 30.6 Å². The Balaban J connectivity index is 1.66. The maximum Gasteiger partial charge on any atom is 0.573 e. The Kier molecular flexibility index (Phi) is 5.45. The van der Waals surface area contributed by atoms with Gasteiger partial charge in [-0.15, -0.1) is 13.2 Å². The molecule has 1 N–H and O–H groups in total. The topological polar surface area (TPSA) is 86.1 Å². The van der Waals surface area contributed by atoms with Gasteiger partial charge in [0.15, 0.2) is 0 Å². The molecule has 1 amide bonds. The molecule has 7 nitrogen and oxygen atoms in total. The first-order valence-electron chi connectivity index (χ1n) is 9.49. The summed E-state index contributed by atoms with van der Waals surface area (Å²) in [6, 6.07) is 9.28. The van der Waals surface area contributed by atoms with Crippen LogP contribution in [-0.2, 0) is 6.54 Å². The second-order valence-electron chi connectivity index (χ2n) is 6.94. The molecule has 1 aliphatic heterocycles. The van der Waals surface area contributed by atoms with Crippen LogP contribution in [0.15, 0.2) is 59.7 Å². The molecule has 0 saturated heterocycles. The van der Waals surface area contributed by atoms with E-state index in [0.29, 0.717) is 36.5 Å². The lowest BCUT2D eigenvalue weighted by Gasteiger charge is -2.27. The highest BCUT2D eigenvalue weighted by Crippen LogP contribution is 2.28. The number of alkyl halides is 3. The molecule has 0 saturated carbocycles. The van der Waals surface area contributed by atoms with Crippen molar-refractivity contribution in [3.8, 4) is 17.0 Å². The normalized spacial score (nSPS) is 15.8. The zero-order valence-corrected chi connectivity index (χ0v) is 16.1. The molecular formula is C21H17F3N4O3. The number of halogens is 3. The Morgan fingerprint density at radius 1 is 1.16 bits per heavy atom. The number of amides is 1. The summed E-state index contributed by atoms with van der Waals surface area (Å²) in [5.74, 6) is -0.991. The maximum atomic E-state index is 12.8. The molecule has 3 aromatic rings. The summed E-state index contributed by atoms with van der Waals surface area (Å²) in [6.45, 7) is 0.442. The standard InChI is InChI=1S/C21H17F3N4O3/c22-21(23,24)31-17-6-2-1-4-14(17)20(30)27-15-5-3-11-28-18(29)12-16(26-19(15)28)13-7-9-25-10-8-13/h1-2,4,6-10,12,15H,3,5,11H2,(H,27,30). The van der Waals surface area contributed by atoms with Crippen molar-refractivity contribution in [3.05, 3.63) is 76.6 Å². The lowest BCUT2D eigenvalue weighted by Crippen LogP contribution is -2.38. The Bertz CT molecular complexity index is 1160. The number of ether oxygens (including phenoxy) is 1. The fraction of sp³-hybridized carbons (Fsp3) is 0.238. The first-order chi connectivity index (χ1) is 14.8. The van der Waals surface area contributed by atoms with E-state index in [1.54, 1.807) is 24.5 Å². The smallest absolute Gasteiger partial charge is 0.405 e. The second-order valence-corrected chi connectivity index (χ2v) is 6.94. The fourth-order valence-electron chi connectivity index (χ4n) is 3.51. The SMILES string of the molecule is O=C(NC1CCCn2c1nc(-c1ccncc1)cc2=O)c1ccccc1OC(F)(F)F. The van der Waals surface area contributed by atoms with Gasteiger partial charge in [-0.3, -0.25) is 19.1 Å². The van der Waals surface area contributed by atoms with E-state index in [0.717, 1.165) is 6.07 Å². The average Bonchev–Trinajstić information content (AvgIpc) is 2.74. The molecule has 160 valence electrons. The van der Waals surface area contributed by atoms with E-state index in [9.17, 15) is 22.8 Å². The van der Waals surface area contributed by atoms with Gasteiger partial charge in [-0.25, -0.2) is 4.98 Å². The predicted molar refractivity (Wildman–Crippen MR) is 104 cm³/mol. The van der Waals surface area contributed by atoms with Gasteiger partial charge in [0.1, 0.15) is 11.6 Å². The molecule has 4 rings (SSSR count). The molecule has 1 unspecified atom stereocenters. The van der Waals surface area contributed by atoms with Crippen molar-refractivity contribution in [1.82, 2.24) is 19.9 Å². The third kappa shape index (κ3) is 4.57. The number of hydrogen-bond acceptors (Lipinski definition) is 5. The minimum absolute atomic E-state index is 0.260. The fourth-order valence-corrected chi connectivity index (χ4v) is 3.51. The Morgan fingerprint density at radius 3 is 2.65 bits per heavy atom. The molecule has 3 heterocycles. The number of carbonyl (C=O) groups excluding carboxylic acids is 1. The number of fused-ring (bicyclic) bond motifs is 1. The second kappa shape index (κ2) is 8.21. The molecule has 0 aliphatic carbocycles. The van der Waals surface area contributed by atoms with Crippen molar-refractivity contribution < 1.29 is 22.7 Å². The monoisotopic (exact) mass is 430 g/mol. The van der Waals surface area contributed by atoms with Crippen LogP contribution in [0.2, 0.25) is 0 Å². The lowest BCUT2D eigenvalue weighted by molar-refractivity contribution is -0.274. The molecule has 10 heteroatoms. The number of para-hydroxylation sites is 1. The van der Waals surface area contributed by atoms with Crippen LogP contribution in [0.25, 0.3) is 11.3 Å². The quantitative estimate of drug-likeness (QED) is 0.685. The summed E-state index contributed by atoms with van der Waals surface area (Å²) < 4.78 is 43.5. The number of hydrogen-bond donors (Lipinski definition) is 1. The third-order valence-corrected chi connectivity index (χ3v) is 4.86. The number of rotatable bonds is 4. The van der Waals surface area contributed by atoms with Crippen LogP contribution in [0.5, 0.6) is 5.75 Å². The minimum Gasteiger partial charge on any atom is -0.405 e. The maximum absolute atomic E-state index is 12.8. The van der Waals surface area contributed by atoms with E-state index in [-0.39, 0.29) is 11.1 Å². The van der Waals surface area contributed by atoms with E-state index in [1.165, 1.54) is 28.8 Å².